The first-order valence-electron chi connectivity index (χ1n) is 6.62. The van der Waals surface area contributed by atoms with Crippen LogP contribution in [0.4, 0.5) is 0 Å². The molecule has 0 saturated carbocycles. The van der Waals surface area contributed by atoms with Gasteiger partial charge in [-0.3, -0.25) is 0 Å². The third-order valence-corrected chi connectivity index (χ3v) is 3.96. The maximum absolute atomic E-state index is 2.59. The third-order valence-electron chi connectivity index (χ3n) is 3.96. The van der Waals surface area contributed by atoms with Crippen molar-refractivity contribution in [2.24, 2.45) is 0 Å². The van der Waals surface area contributed by atoms with Crippen molar-refractivity contribution in [1.82, 2.24) is 0 Å². The largest absolute Gasteiger partial charge is 0.344 e. The van der Waals surface area contributed by atoms with E-state index in [1.54, 1.807) is 0 Å². The maximum Gasteiger partial charge on any atom is 0.0913 e. The summed E-state index contributed by atoms with van der Waals surface area (Å²) in [5.74, 6) is 0. The van der Waals surface area contributed by atoms with Gasteiger partial charge in [0.15, 0.2) is 0 Å². The van der Waals surface area contributed by atoms with Crippen LogP contribution in [-0.4, -0.2) is 32.2 Å². The van der Waals surface area contributed by atoms with E-state index in [4.69, 9.17) is 0 Å². The fraction of sp³-hybridized carbons (Fsp3) is 1.00. The van der Waals surface area contributed by atoms with Gasteiger partial charge in [-0.05, 0) is 38.5 Å². The van der Waals surface area contributed by atoms with Gasteiger partial charge in [0, 0.05) is 6.42 Å². The first kappa shape index (κ1) is 10.4. The summed E-state index contributed by atoms with van der Waals surface area (Å²) in [6, 6.07) is 0.971. The second kappa shape index (κ2) is 5.72. The van der Waals surface area contributed by atoms with E-state index in [0.29, 0.717) is 0 Å². The first-order valence-corrected chi connectivity index (χ1v) is 6.62. The molecule has 0 spiro atoms. The van der Waals surface area contributed by atoms with Gasteiger partial charge in [0.2, 0.25) is 0 Å². The quantitative estimate of drug-likeness (QED) is 0.614. The van der Waals surface area contributed by atoms with Gasteiger partial charge in [0.1, 0.15) is 0 Å². The van der Waals surface area contributed by atoms with Crippen LogP contribution in [0.2, 0.25) is 0 Å². The average molecular weight is 198 g/mol. The lowest BCUT2D eigenvalue weighted by Gasteiger charge is -2.26. The molecule has 2 rings (SSSR count). The van der Waals surface area contributed by atoms with E-state index in [2.05, 4.69) is 5.32 Å². The molecule has 0 aromatic carbocycles. The molecule has 2 nitrogen and oxygen atoms in total. The molecule has 1 atom stereocenters. The van der Waals surface area contributed by atoms with E-state index in [1.165, 1.54) is 71.1 Å². The summed E-state index contributed by atoms with van der Waals surface area (Å²) in [6.07, 6.45) is 10.3. The minimum absolute atomic E-state index is 0.971. The Balaban J connectivity index is 1.60. The number of hydrogen-bond acceptors (Lipinski definition) is 0. The zero-order valence-corrected chi connectivity index (χ0v) is 9.43. The van der Waals surface area contributed by atoms with Crippen molar-refractivity contribution in [3.05, 3.63) is 0 Å². The van der Waals surface area contributed by atoms with Gasteiger partial charge in [-0.25, -0.2) is 0 Å². The molecule has 0 aromatic rings. The number of likely N-dealkylation sites (tertiary alicyclic amines) is 1. The minimum atomic E-state index is 0.971. The lowest BCUT2D eigenvalue weighted by atomic mass is 10.0. The molecule has 2 aliphatic rings. The van der Waals surface area contributed by atoms with Crippen LogP contribution >= 0.6 is 0 Å². The smallest absolute Gasteiger partial charge is 0.0913 e. The molecule has 3 N–H and O–H groups in total. The van der Waals surface area contributed by atoms with Crippen LogP contribution in [0.1, 0.15) is 44.9 Å². The predicted molar refractivity (Wildman–Crippen MR) is 58.5 cm³/mol. The minimum Gasteiger partial charge on any atom is -0.344 e. The van der Waals surface area contributed by atoms with Crippen LogP contribution in [0, 0.1) is 0 Å². The monoisotopic (exact) mass is 198 g/mol. The van der Waals surface area contributed by atoms with Crippen molar-refractivity contribution < 1.29 is 10.2 Å². The van der Waals surface area contributed by atoms with Crippen molar-refractivity contribution in [2.45, 2.75) is 51.0 Å². The molecular weight excluding hydrogens is 172 g/mol. The number of hydrogen-bond donors (Lipinski definition) is 2. The fourth-order valence-electron chi connectivity index (χ4n) is 2.98. The van der Waals surface area contributed by atoms with Crippen molar-refractivity contribution >= 4 is 0 Å². The van der Waals surface area contributed by atoms with E-state index in [9.17, 15) is 0 Å². The van der Waals surface area contributed by atoms with E-state index < -0.39 is 0 Å². The Kier molecular flexibility index (Phi) is 4.26. The lowest BCUT2D eigenvalue weighted by Crippen LogP contribution is -3.13. The molecule has 2 heterocycles. The van der Waals surface area contributed by atoms with E-state index in [-0.39, 0.29) is 0 Å². The van der Waals surface area contributed by atoms with Crippen LogP contribution in [0.25, 0.3) is 0 Å². The highest BCUT2D eigenvalue weighted by atomic mass is 15.1. The summed E-state index contributed by atoms with van der Waals surface area (Å²) in [7, 11) is 0. The first-order chi connectivity index (χ1) is 6.95. The predicted octanol–water partition coefficient (Wildman–Crippen LogP) is -0.439. The standard InChI is InChI=1S/C12H24N2/c1-4-9-14(10-5-1)11-7-12-6-2-3-8-13-12/h12-13H,1-11H2/p+2/t12-/m1/s1. The molecule has 2 heteroatoms. The molecule has 0 unspecified atom stereocenters. The molecule has 82 valence electrons. The van der Waals surface area contributed by atoms with Gasteiger partial charge < -0.3 is 10.2 Å². The van der Waals surface area contributed by atoms with Gasteiger partial charge >= 0.3 is 0 Å². The highest BCUT2D eigenvalue weighted by Gasteiger charge is 2.20. The van der Waals surface area contributed by atoms with Crippen LogP contribution in [0.5, 0.6) is 0 Å². The Bertz CT molecular complexity index is 128. The van der Waals surface area contributed by atoms with Gasteiger partial charge in [-0.15, -0.1) is 0 Å². The Morgan fingerprint density at radius 2 is 1.86 bits per heavy atom. The maximum atomic E-state index is 2.59. The second-order valence-electron chi connectivity index (χ2n) is 5.13. The molecule has 0 bridgehead atoms. The fourth-order valence-corrected chi connectivity index (χ4v) is 2.98. The molecule has 0 amide bonds. The van der Waals surface area contributed by atoms with E-state index in [0.717, 1.165) is 6.04 Å². The normalized spacial score (nSPS) is 30.4. The van der Waals surface area contributed by atoms with Crippen molar-refractivity contribution in [3.8, 4) is 0 Å². The molecule has 14 heavy (non-hydrogen) atoms. The zero-order chi connectivity index (χ0) is 9.64. The molecule has 2 fully saturated rings. The van der Waals surface area contributed by atoms with Gasteiger partial charge in [-0.1, -0.05) is 0 Å². The molecule has 0 aliphatic carbocycles. The Morgan fingerprint density at radius 1 is 1.00 bits per heavy atom. The van der Waals surface area contributed by atoms with Gasteiger partial charge in [-0.2, -0.15) is 0 Å². The Hall–Kier alpha value is -0.0800. The molecule has 2 saturated heterocycles. The Morgan fingerprint density at radius 3 is 2.57 bits per heavy atom. The summed E-state index contributed by atoms with van der Waals surface area (Å²) in [6.45, 7) is 5.74. The summed E-state index contributed by atoms with van der Waals surface area (Å²) >= 11 is 0. The van der Waals surface area contributed by atoms with Gasteiger partial charge in [0.25, 0.3) is 0 Å². The molecule has 0 radical (unpaired) electrons. The number of quaternary nitrogens is 2. The van der Waals surface area contributed by atoms with Crippen molar-refractivity contribution in [2.75, 3.05) is 26.2 Å². The molecule has 2 aliphatic heterocycles. The molecular formula is C12H26N2+2. The van der Waals surface area contributed by atoms with Crippen LogP contribution < -0.4 is 10.2 Å². The summed E-state index contributed by atoms with van der Waals surface area (Å²) < 4.78 is 0. The summed E-state index contributed by atoms with van der Waals surface area (Å²) in [5.41, 5.74) is 0. The number of piperidine rings is 2. The zero-order valence-electron chi connectivity index (χ0n) is 9.43. The van der Waals surface area contributed by atoms with Crippen molar-refractivity contribution in [1.29, 1.82) is 0 Å². The van der Waals surface area contributed by atoms with Crippen LogP contribution in [-0.2, 0) is 0 Å². The Labute approximate surface area is 88.1 Å². The SMILES string of the molecule is C1CC[NH+](CC[C@H]2CCCC[NH2+]2)CC1. The highest BCUT2D eigenvalue weighted by Crippen LogP contribution is 2.03. The third kappa shape index (κ3) is 3.25. The highest BCUT2D eigenvalue weighted by molar-refractivity contribution is 4.58. The number of nitrogens with two attached hydrogens (primary N) is 1. The topological polar surface area (TPSA) is 21.1 Å². The second-order valence-corrected chi connectivity index (χ2v) is 5.13. The summed E-state index contributed by atoms with van der Waals surface area (Å²) in [4.78, 5) is 1.88. The lowest BCUT2D eigenvalue weighted by molar-refractivity contribution is -0.907. The average Bonchev–Trinajstić information content (AvgIpc) is 2.29. The molecule has 0 aromatic heterocycles. The van der Waals surface area contributed by atoms with E-state index >= 15 is 0 Å². The summed E-state index contributed by atoms with van der Waals surface area (Å²) in [5, 5.41) is 2.59. The van der Waals surface area contributed by atoms with Gasteiger partial charge in [0.05, 0.1) is 32.2 Å². The van der Waals surface area contributed by atoms with Crippen LogP contribution in [0.15, 0.2) is 0 Å². The number of nitrogens with one attached hydrogen (secondary N) is 1. The van der Waals surface area contributed by atoms with E-state index in [1.807, 2.05) is 4.90 Å². The van der Waals surface area contributed by atoms with Crippen LogP contribution in [0.3, 0.4) is 0 Å². The van der Waals surface area contributed by atoms with Crippen molar-refractivity contribution in [3.63, 3.8) is 0 Å². The number of rotatable bonds is 3.